The van der Waals surface area contributed by atoms with E-state index in [0.717, 1.165) is 16.7 Å². The van der Waals surface area contributed by atoms with Crippen molar-refractivity contribution in [1.29, 1.82) is 0 Å². The quantitative estimate of drug-likeness (QED) is 0.493. The molecule has 2 aromatic heterocycles. The highest BCUT2D eigenvalue weighted by Gasteiger charge is 2.30. The van der Waals surface area contributed by atoms with Gasteiger partial charge in [-0.15, -0.1) is 0 Å². The molecular formula is C17H15ClN6O3S. The molecule has 1 aliphatic rings. The molecule has 3 aromatic rings. The van der Waals surface area contributed by atoms with Crippen LogP contribution in [0.1, 0.15) is 6.92 Å². The minimum absolute atomic E-state index is 0.265. The Labute approximate surface area is 168 Å². The van der Waals surface area contributed by atoms with Gasteiger partial charge in [-0.2, -0.15) is 5.10 Å². The second-order valence-corrected chi connectivity index (χ2v) is 7.89. The van der Waals surface area contributed by atoms with Gasteiger partial charge in [0.1, 0.15) is 5.39 Å². The number of halogens is 1. The van der Waals surface area contributed by atoms with Crippen LogP contribution in [0, 0.1) is 0 Å². The third-order valence-corrected chi connectivity index (χ3v) is 5.44. The molecule has 0 bridgehead atoms. The molecule has 28 heavy (non-hydrogen) atoms. The molecule has 2 N–H and O–H groups in total. The Morgan fingerprint density at radius 1 is 1.36 bits per heavy atom. The van der Waals surface area contributed by atoms with Crippen LogP contribution in [0.4, 0.5) is 4.79 Å². The average molecular weight is 419 g/mol. The monoisotopic (exact) mass is 418 g/mol. The first-order valence-corrected chi connectivity index (χ1v) is 9.69. The number of nitrogens with zero attached hydrogens (tertiary/aromatic N) is 4. The summed E-state index contributed by atoms with van der Waals surface area (Å²) in [7, 11) is 0. The summed E-state index contributed by atoms with van der Waals surface area (Å²) in [6.07, 6.45) is 1.43. The first kappa shape index (κ1) is 18.5. The molecule has 4 rings (SSSR count). The predicted molar refractivity (Wildman–Crippen MR) is 105 cm³/mol. The van der Waals surface area contributed by atoms with Crippen LogP contribution in [0.25, 0.3) is 16.7 Å². The minimum Gasteiger partial charge on any atom is -0.336 e. The lowest BCUT2D eigenvalue weighted by Crippen LogP contribution is -2.39. The number of carbonyl (C=O) groups is 2. The standard InChI is InChI=1S/C17H15ClN6O3S/c1-9(15(26)23-6-5-19-17(23)27)28-16-21-13-12(14(25)22-16)8-20-24(13)11-4-2-3-10(18)7-11/h2-4,7-9H,5-6H2,1H3,(H,19,27)(H,21,22,25). The Hall–Kier alpha value is -2.85. The predicted octanol–water partition coefficient (Wildman–Crippen LogP) is 1.79. The maximum atomic E-state index is 12.5. The number of nitrogens with one attached hydrogen (secondary N) is 2. The summed E-state index contributed by atoms with van der Waals surface area (Å²) in [5, 5.41) is 7.34. The molecule has 144 valence electrons. The number of hydrogen-bond acceptors (Lipinski definition) is 6. The van der Waals surface area contributed by atoms with Gasteiger partial charge >= 0.3 is 6.03 Å². The van der Waals surface area contributed by atoms with Gasteiger partial charge in [-0.05, 0) is 25.1 Å². The number of imide groups is 1. The van der Waals surface area contributed by atoms with E-state index in [1.54, 1.807) is 31.2 Å². The lowest BCUT2D eigenvalue weighted by atomic mass is 10.3. The molecule has 9 nitrogen and oxygen atoms in total. The lowest BCUT2D eigenvalue weighted by molar-refractivity contribution is -0.126. The van der Waals surface area contributed by atoms with Gasteiger partial charge in [0.25, 0.3) is 5.56 Å². The van der Waals surface area contributed by atoms with Crippen molar-refractivity contribution in [3.05, 3.63) is 45.8 Å². The number of aromatic amines is 1. The number of thioether (sulfide) groups is 1. The normalized spacial score (nSPS) is 15.1. The summed E-state index contributed by atoms with van der Waals surface area (Å²) >= 11 is 7.12. The van der Waals surface area contributed by atoms with Crippen LogP contribution in [0.15, 0.2) is 40.4 Å². The van der Waals surface area contributed by atoms with Crippen LogP contribution in [-0.2, 0) is 4.79 Å². The molecule has 0 spiro atoms. The fourth-order valence-corrected chi connectivity index (χ4v) is 3.91. The van der Waals surface area contributed by atoms with E-state index in [1.165, 1.54) is 10.9 Å². The molecule has 3 heterocycles. The molecule has 1 fully saturated rings. The second kappa shape index (κ2) is 7.28. The topological polar surface area (TPSA) is 113 Å². The lowest BCUT2D eigenvalue weighted by Gasteiger charge is -2.16. The van der Waals surface area contributed by atoms with E-state index in [4.69, 9.17) is 11.6 Å². The zero-order valence-corrected chi connectivity index (χ0v) is 16.3. The van der Waals surface area contributed by atoms with E-state index in [1.807, 2.05) is 0 Å². The highest BCUT2D eigenvalue weighted by molar-refractivity contribution is 8.00. The van der Waals surface area contributed by atoms with E-state index in [0.29, 0.717) is 34.8 Å². The summed E-state index contributed by atoms with van der Waals surface area (Å²) in [5.74, 6) is -0.342. The Kier molecular flexibility index (Phi) is 4.82. The Morgan fingerprint density at radius 2 is 2.18 bits per heavy atom. The molecule has 11 heteroatoms. The average Bonchev–Trinajstić information content (AvgIpc) is 3.27. The van der Waals surface area contributed by atoms with Crippen LogP contribution in [-0.4, -0.2) is 54.9 Å². The third-order valence-electron chi connectivity index (χ3n) is 4.23. The Balaban J connectivity index is 1.67. The molecule has 1 aromatic carbocycles. The van der Waals surface area contributed by atoms with Crippen molar-refractivity contribution >= 4 is 46.3 Å². The van der Waals surface area contributed by atoms with Crippen molar-refractivity contribution in [2.75, 3.05) is 13.1 Å². The number of amides is 3. The summed E-state index contributed by atoms with van der Waals surface area (Å²) in [4.78, 5) is 44.9. The van der Waals surface area contributed by atoms with Gasteiger partial charge < -0.3 is 10.3 Å². The maximum absolute atomic E-state index is 12.5. The summed E-state index contributed by atoms with van der Waals surface area (Å²) in [6, 6.07) is 6.61. The number of urea groups is 1. The van der Waals surface area contributed by atoms with E-state index in [-0.39, 0.29) is 16.6 Å². The smallest absolute Gasteiger partial charge is 0.324 e. The van der Waals surface area contributed by atoms with E-state index in [9.17, 15) is 14.4 Å². The molecule has 0 aliphatic carbocycles. The van der Waals surface area contributed by atoms with Crippen molar-refractivity contribution in [3.8, 4) is 5.69 Å². The number of H-pyrrole nitrogens is 1. The number of fused-ring (bicyclic) bond motifs is 1. The maximum Gasteiger partial charge on any atom is 0.324 e. The van der Waals surface area contributed by atoms with Gasteiger partial charge in [-0.25, -0.2) is 14.5 Å². The Bertz CT molecular complexity index is 1140. The zero-order chi connectivity index (χ0) is 19.8. The molecule has 3 amide bonds. The zero-order valence-electron chi connectivity index (χ0n) is 14.7. The van der Waals surface area contributed by atoms with Crippen molar-refractivity contribution < 1.29 is 9.59 Å². The molecule has 1 atom stereocenters. The van der Waals surface area contributed by atoms with Crippen molar-refractivity contribution in [2.24, 2.45) is 0 Å². The number of hydrogen-bond donors (Lipinski definition) is 2. The van der Waals surface area contributed by atoms with Gasteiger partial charge in [0.2, 0.25) is 5.91 Å². The van der Waals surface area contributed by atoms with E-state index in [2.05, 4.69) is 20.4 Å². The molecular weight excluding hydrogens is 404 g/mol. The molecule has 0 saturated carbocycles. The summed E-state index contributed by atoms with van der Waals surface area (Å²) < 4.78 is 1.51. The van der Waals surface area contributed by atoms with Crippen LogP contribution in [0.3, 0.4) is 0 Å². The van der Waals surface area contributed by atoms with Gasteiger partial charge in [-0.1, -0.05) is 29.4 Å². The minimum atomic E-state index is -0.605. The SMILES string of the molecule is CC(Sc1nc2c(cnn2-c2cccc(Cl)c2)c(=O)[nH]1)C(=O)N1CCNC1=O. The van der Waals surface area contributed by atoms with Gasteiger partial charge in [0.05, 0.1) is 17.1 Å². The second-order valence-electron chi connectivity index (χ2n) is 6.13. The third kappa shape index (κ3) is 3.36. The van der Waals surface area contributed by atoms with Crippen LogP contribution < -0.4 is 10.9 Å². The number of benzene rings is 1. The molecule has 1 unspecified atom stereocenters. The first-order chi connectivity index (χ1) is 13.4. The highest BCUT2D eigenvalue weighted by Crippen LogP contribution is 2.23. The van der Waals surface area contributed by atoms with Gasteiger partial charge in [0, 0.05) is 18.1 Å². The van der Waals surface area contributed by atoms with Crippen LogP contribution in [0.5, 0.6) is 0 Å². The van der Waals surface area contributed by atoms with Crippen LogP contribution in [0.2, 0.25) is 5.02 Å². The molecule has 1 aliphatic heterocycles. The molecule has 0 radical (unpaired) electrons. The largest absolute Gasteiger partial charge is 0.336 e. The highest BCUT2D eigenvalue weighted by atomic mass is 35.5. The fourth-order valence-electron chi connectivity index (χ4n) is 2.87. The number of carbonyl (C=O) groups excluding carboxylic acids is 2. The Morgan fingerprint density at radius 3 is 2.89 bits per heavy atom. The summed E-state index contributed by atoms with van der Waals surface area (Å²) in [5.41, 5.74) is 0.654. The fraction of sp³-hybridized carbons (Fsp3) is 0.235. The van der Waals surface area contributed by atoms with E-state index < -0.39 is 11.3 Å². The summed E-state index contributed by atoms with van der Waals surface area (Å²) in [6.45, 7) is 2.42. The first-order valence-electron chi connectivity index (χ1n) is 8.44. The van der Waals surface area contributed by atoms with Gasteiger partial charge in [-0.3, -0.25) is 14.5 Å². The van der Waals surface area contributed by atoms with Crippen molar-refractivity contribution in [1.82, 2.24) is 30.0 Å². The van der Waals surface area contributed by atoms with Crippen molar-refractivity contribution in [3.63, 3.8) is 0 Å². The van der Waals surface area contributed by atoms with Crippen LogP contribution >= 0.6 is 23.4 Å². The van der Waals surface area contributed by atoms with Crippen molar-refractivity contribution in [2.45, 2.75) is 17.3 Å². The molecule has 1 saturated heterocycles. The van der Waals surface area contributed by atoms with E-state index >= 15 is 0 Å². The number of rotatable bonds is 4. The van der Waals surface area contributed by atoms with Gasteiger partial charge in [0.15, 0.2) is 10.8 Å². The number of aromatic nitrogens is 4.